The first-order valence-electron chi connectivity index (χ1n) is 11.0. The molecule has 1 aliphatic heterocycles. The number of aromatic nitrogens is 2. The Bertz CT molecular complexity index is 1070. The summed E-state index contributed by atoms with van der Waals surface area (Å²) in [6.07, 6.45) is 4.75. The monoisotopic (exact) mass is 463 g/mol. The number of rotatable bonds is 7. The molecule has 1 aliphatic rings. The topological polar surface area (TPSA) is 69.6 Å². The molecular formula is C25H26ClN5O2. The van der Waals surface area contributed by atoms with Gasteiger partial charge in [-0.3, -0.25) is 14.6 Å². The molecule has 0 spiro atoms. The number of hydrogen-bond donors (Lipinski definition) is 0. The van der Waals surface area contributed by atoms with Crippen molar-refractivity contribution in [2.24, 2.45) is 0 Å². The van der Waals surface area contributed by atoms with Crippen LogP contribution < -0.4 is 4.90 Å². The average molecular weight is 464 g/mol. The lowest BCUT2D eigenvalue weighted by Gasteiger charge is -2.36. The minimum Gasteiger partial charge on any atom is -0.368 e. The molecule has 0 N–H and O–H groups in total. The van der Waals surface area contributed by atoms with Crippen molar-refractivity contribution >= 4 is 29.1 Å². The van der Waals surface area contributed by atoms with Gasteiger partial charge in [-0.05, 0) is 23.8 Å². The van der Waals surface area contributed by atoms with Crippen molar-refractivity contribution in [1.29, 1.82) is 0 Å². The fourth-order valence-corrected chi connectivity index (χ4v) is 4.09. The molecule has 0 aliphatic carbocycles. The van der Waals surface area contributed by atoms with E-state index < -0.39 is 0 Å². The van der Waals surface area contributed by atoms with E-state index in [1.54, 1.807) is 4.90 Å². The minimum absolute atomic E-state index is 0.0470. The number of amides is 2. The third-order valence-corrected chi connectivity index (χ3v) is 5.92. The van der Waals surface area contributed by atoms with Gasteiger partial charge in [-0.25, -0.2) is 4.98 Å². The Balaban J connectivity index is 1.36. The zero-order chi connectivity index (χ0) is 23.0. The van der Waals surface area contributed by atoms with E-state index in [2.05, 4.69) is 14.9 Å². The number of benzene rings is 2. The van der Waals surface area contributed by atoms with Gasteiger partial charge in [0.15, 0.2) is 0 Å². The van der Waals surface area contributed by atoms with Crippen LogP contribution in [-0.4, -0.2) is 64.3 Å². The van der Waals surface area contributed by atoms with Crippen LogP contribution in [0.1, 0.15) is 22.5 Å². The second-order valence-corrected chi connectivity index (χ2v) is 8.34. The Morgan fingerprint density at radius 3 is 2.45 bits per heavy atom. The second kappa shape index (κ2) is 10.9. The van der Waals surface area contributed by atoms with Crippen LogP contribution in [0.5, 0.6) is 0 Å². The summed E-state index contributed by atoms with van der Waals surface area (Å²) in [5.41, 5.74) is 2.34. The van der Waals surface area contributed by atoms with E-state index in [0.717, 1.165) is 24.3 Å². The lowest BCUT2D eigenvalue weighted by atomic mass is 10.2. The van der Waals surface area contributed by atoms with E-state index in [-0.39, 0.29) is 23.9 Å². The molecular weight excluding hydrogens is 438 g/mol. The minimum atomic E-state index is -0.231. The molecule has 3 aromatic rings. The number of piperazine rings is 1. The molecule has 0 saturated carbocycles. The van der Waals surface area contributed by atoms with E-state index in [9.17, 15) is 9.59 Å². The first kappa shape index (κ1) is 22.7. The molecule has 0 unspecified atom stereocenters. The molecule has 33 heavy (non-hydrogen) atoms. The summed E-state index contributed by atoms with van der Waals surface area (Å²) in [4.78, 5) is 39.9. The fraction of sp³-hybridized carbons (Fsp3) is 0.280. The fourth-order valence-electron chi connectivity index (χ4n) is 3.90. The van der Waals surface area contributed by atoms with Crippen molar-refractivity contribution in [2.75, 3.05) is 37.6 Å². The van der Waals surface area contributed by atoms with Crippen LogP contribution >= 0.6 is 11.6 Å². The van der Waals surface area contributed by atoms with Gasteiger partial charge in [0, 0.05) is 68.8 Å². The van der Waals surface area contributed by atoms with Gasteiger partial charge in [-0.15, -0.1) is 0 Å². The van der Waals surface area contributed by atoms with Gasteiger partial charge >= 0.3 is 0 Å². The summed E-state index contributed by atoms with van der Waals surface area (Å²) >= 11 is 6.11. The predicted octanol–water partition coefficient (Wildman–Crippen LogP) is 3.51. The molecule has 7 nitrogen and oxygen atoms in total. The van der Waals surface area contributed by atoms with Crippen LogP contribution in [0.3, 0.4) is 0 Å². The molecule has 2 amide bonds. The molecule has 8 heteroatoms. The van der Waals surface area contributed by atoms with E-state index in [1.807, 2.05) is 59.5 Å². The van der Waals surface area contributed by atoms with Gasteiger partial charge in [0.25, 0.3) is 5.91 Å². The van der Waals surface area contributed by atoms with Gasteiger partial charge in [0.05, 0.1) is 6.20 Å². The summed E-state index contributed by atoms with van der Waals surface area (Å²) in [6.45, 7) is 3.50. The van der Waals surface area contributed by atoms with Crippen LogP contribution in [0.2, 0.25) is 5.02 Å². The smallest absolute Gasteiger partial charge is 0.274 e. The Labute approximate surface area is 198 Å². The maximum Gasteiger partial charge on any atom is 0.274 e. The highest BCUT2D eigenvalue weighted by atomic mass is 35.5. The van der Waals surface area contributed by atoms with Crippen LogP contribution in [0, 0.1) is 0 Å². The van der Waals surface area contributed by atoms with E-state index in [4.69, 9.17) is 11.6 Å². The first-order chi connectivity index (χ1) is 16.1. The van der Waals surface area contributed by atoms with Gasteiger partial charge in [-0.2, -0.15) is 0 Å². The first-order valence-corrected chi connectivity index (χ1v) is 11.4. The zero-order valence-electron chi connectivity index (χ0n) is 18.3. The lowest BCUT2D eigenvalue weighted by Crippen LogP contribution is -2.49. The second-order valence-electron chi connectivity index (χ2n) is 7.90. The molecule has 1 fully saturated rings. The highest BCUT2D eigenvalue weighted by Gasteiger charge is 2.24. The Kier molecular flexibility index (Phi) is 7.52. The van der Waals surface area contributed by atoms with Gasteiger partial charge in [0.2, 0.25) is 5.91 Å². The normalized spacial score (nSPS) is 13.6. The number of hydrogen-bond acceptors (Lipinski definition) is 5. The molecule has 2 heterocycles. The van der Waals surface area contributed by atoms with Crippen molar-refractivity contribution in [3.8, 4) is 0 Å². The zero-order valence-corrected chi connectivity index (χ0v) is 19.1. The molecule has 0 radical (unpaired) electrons. The molecule has 0 bridgehead atoms. The van der Waals surface area contributed by atoms with E-state index in [0.29, 0.717) is 31.2 Å². The van der Waals surface area contributed by atoms with Crippen molar-refractivity contribution in [3.63, 3.8) is 0 Å². The molecule has 2 aromatic carbocycles. The Morgan fingerprint density at radius 2 is 1.76 bits per heavy atom. The average Bonchev–Trinajstić information content (AvgIpc) is 2.87. The maximum atomic E-state index is 13.0. The lowest BCUT2D eigenvalue weighted by molar-refractivity contribution is -0.131. The standard InChI is InChI=1S/C25H26ClN5O2/c26-21-7-4-8-22(17-21)29-13-15-30(16-14-29)24(32)9-12-31(19-20-5-2-1-3-6-20)25(33)23-18-27-10-11-28-23/h1-8,10-11,17-18H,9,12-16,19H2. The van der Waals surface area contributed by atoms with Crippen LogP contribution in [-0.2, 0) is 11.3 Å². The van der Waals surface area contributed by atoms with Crippen LogP contribution in [0.4, 0.5) is 5.69 Å². The highest BCUT2D eigenvalue weighted by Crippen LogP contribution is 2.21. The number of anilines is 1. The number of carbonyl (C=O) groups excluding carboxylic acids is 2. The third kappa shape index (κ3) is 6.08. The summed E-state index contributed by atoms with van der Waals surface area (Å²) in [7, 11) is 0. The summed E-state index contributed by atoms with van der Waals surface area (Å²) < 4.78 is 0. The maximum absolute atomic E-state index is 13.0. The molecule has 4 rings (SSSR count). The van der Waals surface area contributed by atoms with Crippen molar-refractivity contribution in [2.45, 2.75) is 13.0 Å². The van der Waals surface area contributed by atoms with Crippen molar-refractivity contribution in [1.82, 2.24) is 19.8 Å². The largest absolute Gasteiger partial charge is 0.368 e. The molecule has 0 atom stereocenters. The highest BCUT2D eigenvalue weighted by molar-refractivity contribution is 6.30. The molecule has 170 valence electrons. The predicted molar refractivity (Wildman–Crippen MR) is 128 cm³/mol. The van der Waals surface area contributed by atoms with E-state index in [1.165, 1.54) is 18.6 Å². The number of nitrogens with zero attached hydrogens (tertiary/aromatic N) is 5. The summed E-state index contributed by atoms with van der Waals surface area (Å²) in [5.74, 6) is -0.184. The number of carbonyl (C=O) groups is 2. The Morgan fingerprint density at radius 1 is 0.970 bits per heavy atom. The third-order valence-electron chi connectivity index (χ3n) is 5.69. The van der Waals surface area contributed by atoms with Gasteiger partial charge in [-0.1, -0.05) is 48.0 Å². The SMILES string of the molecule is O=C(CCN(Cc1ccccc1)C(=O)c1cnccn1)N1CCN(c2cccc(Cl)c2)CC1. The molecule has 1 aromatic heterocycles. The summed E-state index contributed by atoms with van der Waals surface area (Å²) in [6, 6.07) is 17.5. The van der Waals surface area contributed by atoms with Crippen LogP contribution in [0.15, 0.2) is 73.2 Å². The summed E-state index contributed by atoms with van der Waals surface area (Å²) in [5, 5.41) is 0.706. The van der Waals surface area contributed by atoms with Gasteiger partial charge < -0.3 is 14.7 Å². The van der Waals surface area contributed by atoms with Gasteiger partial charge in [0.1, 0.15) is 5.69 Å². The van der Waals surface area contributed by atoms with Crippen LogP contribution in [0.25, 0.3) is 0 Å². The molecule has 1 saturated heterocycles. The number of halogens is 1. The van der Waals surface area contributed by atoms with Crippen molar-refractivity contribution in [3.05, 3.63) is 89.5 Å². The quantitative estimate of drug-likeness (QED) is 0.536. The Hall–Kier alpha value is -3.45. The van der Waals surface area contributed by atoms with Crippen molar-refractivity contribution < 1.29 is 9.59 Å². The van der Waals surface area contributed by atoms with E-state index >= 15 is 0 Å².